The van der Waals surface area contributed by atoms with E-state index in [0.717, 1.165) is 31.4 Å². The number of anilines is 2. The van der Waals surface area contributed by atoms with Gasteiger partial charge in [-0.05, 0) is 31.0 Å². The molecule has 0 bridgehead atoms. The lowest BCUT2D eigenvalue weighted by Crippen LogP contribution is -2.39. The topological polar surface area (TPSA) is 82.1 Å². The van der Waals surface area contributed by atoms with Gasteiger partial charge in [-0.3, -0.25) is 0 Å². The molecule has 90 valence electrons. The number of nitrogens with zero attached hydrogens (tertiary/aromatic N) is 1. The van der Waals surface area contributed by atoms with Gasteiger partial charge < -0.3 is 16.2 Å². The van der Waals surface area contributed by atoms with Crippen LogP contribution in [-0.4, -0.2) is 17.3 Å². The Morgan fingerprint density at radius 3 is 2.71 bits per heavy atom. The van der Waals surface area contributed by atoms with Crippen LogP contribution in [-0.2, 0) is 0 Å². The summed E-state index contributed by atoms with van der Waals surface area (Å²) in [5.74, 6) is 0. The molecule has 0 unspecified atom stereocenters. The minimum Gasteiger partial charge on any atom is -0.399 e. The van der Waals surface area contributed by atoms with Crippen LogP contribution in [0.3, 0.4) is 0 Å². The van der Waals surface area contributed by atoms with Gasteiger partial charge in [-0.2, -0.15) is 5.26 Å². The molecule has 1 aliphatic carbocycles. The van der Waals surface area contributed by atoms with Crippen molar-refractivity contribution in [3.05, 3.63) is 23.8 Å². The summed E-state index contributed by atoms with van der Waals surface area (Å²) >= 11 is 0. The molecule has 4 N–H and O–H groups in total. The maximum absolute atomic E-state index is 9.53. The zero-order chi connectivity index (χ0) is 12.3. The van der Waals surface area contributed by atoms with Crippen LogP contribution in [0.5, 0.6) is 0 Å². The minimum atomic E-state index is -0.262. The Bertz CT molecular complexity index is 444. The predicted octanol–water partition coefficient (Wildman–Crippen LogP) is 1.86. The van der Waals surface area contributed by atoms with Gasteiger partial charge in [0, 0.05) is 5.69 Å². The van der Waals surface area contributed by atoms with E-state index in [1.54, 1.807) is 12.1 Å². The Hall–Kier alpha value is -1.73. The van der Waals surface area contributed by atoms with Gasteiger partial charge in [0.05, 0.1) is 23.4 Å². The third-order valence-corrected chi connectivity index (χ3v) is 3.43. The number of hydrogen-bond acceptors (Lipinski definition) is 4. The number of nitrogens with two attached hydrogens (primary N) is 1. The summed E-state index contributed by atoms with van der Waals surface area (Å²) in [6, 6.07) is 7.36. The molecule has 0 aliphatic heterocycles. The van der Waals surface area contributed by atoms with Gasteiger partial charge in [0.2, 0.25) is 0 Å². The summed E-state index contributed by atoms with van der Waals surface area (Å²) in [5.41, 5.74) is 7.26. The van der Waals surface area contributed by atoms with Gasteiger partial charge >= 0.3 is 0 Å². The van der Waals surface area contributed by atoms with Crippen molar-refractivity contribution in [1.29, 1.82) is 5.26 Å². The number of rotatable bonds is 3. The Balaban J connectivity index is 2.26. The van der Waals surface area contributed by atoms with Crippen LogP contribution in [0, 0.1) is 11.3 Å². The van der Waals surface area contributed by atoms with E-state index in [9.17, 15) is 5.11 Å². The predicted molar refractivity (Wildman–Crippen MR) is 67.5 cm³/mol. The molecule has 1 aromatic rings. The van der Waals surface area contributed by atoms with Crippen LogP contribution in [0.4, 0.5) is 11.4 Å². The van der Waals surface area contributed by atoms with Crippen LogP contribution in [0.1, 0.15) is 31.2 Å². The van der Waals surface area contributed by atoms with Crippen LogP contribution in [0.25, 0.3) is 0 Å². The monoisotopic (exact) mass is 231 g/mol. The molecule has 0 atom stereocenters. The Morgan fingerprint density at radius 1 is 1.41 bits per heavy atom. The molecule has 1 aliphatic rings. The van der Waals surface area contributed by atoms with Crippen molar-refractivity contribution in [2.75, 3.05) is 17.7 Å². The number of hydrogen-bond donors (Lipinski definition) is 3. The molecule has 1 aromatic carbocycles. The first-order chi connectivity index (χ1) is 8.19. The van der Waals surface area contributed by atoms with Crippen molar-refractivity contribution >= 4 is 11.4 Å². The fourth-order valence-corrected chi connectivity index (χ4v) is 2.42. The second-order valence-electron chi connectivity index (χ2n) is 4.69. The van der Waals surface area contributed by atoms with E-state index in [4.69, 9.17) is 11.0 Å². The van der Waals surface area contributed by atoms with Crippen molar-refractivity contribution in [1.82, 2.24) is 0 Å². The Kier molecular flexibility index (Phi) is 3.21. The number of benzene rings is 1. The minimum absolute atomic E-state index is 0.0994. The van der Waals surface area contributed by atoms with Crippen molar-refractivity contribution in [3.63, 3.8) is 0 Å². The van der Waals surface area contributed by atoms with Gasteiger partial charge in [0.25, 0.3) is 0 Å². The van der Waals surface area contributed by atoms with E-state index >= 15 is 0 Å². The number of aliphatic hydroxyl groups is 1. The van der Waals surface area contributed by atoms with Crippen LogP contribution < -0.4 is 11.1 Å². The van der Waals surface area contributed by atoms with Crippen LogP contribution in [0.2, 0.25) is 0 Å². The van der Waals surface area contributed by atoms with E-state index < -0.39 is 0 Å². The lowest BCUT2D eigenvalue weighted by molar-refractivity contribution is 0.214. The van der Waals surface area contributed by atoms with E-state index in [0.29, 0.717) is 11.3 Å². The molecule has 0 amide bonds. The van der Waals surface area contributed by atoms with E-state index in [2.05, 4.69) is 11.4 Å². The maximum atomic E-state index is 9.53. The Morgan fingerprint density at radius 2 is 2.12 bits per heavy atom. The SMILES string of the molecule is N#Cc1cc(N)ccc1NC1(CO)CCCC1. The van der Waals surface area contributed by atoms with Crippen LogP contribution in [0.15, 0.2) is 18.2 Å². The third-order valence-electron chi connectivity index (χ3n) is 3.43. The second kappa shape index (κ2) is 4.64. The molecule has 0 saturated heterocycles. The first-order valence-electron chi connectivity index (χ1n) is 5.88. The molecule has 0 radical (unpaired) electrons. The summed E-state index contributed by atoms with van der Waals surface area (Å²) < 4.78 is 0. The number of nitriles is 1. The van der Waals surface area contributed by atoms with Gasteiger partial charge in [0.1, 0.15) is 6.07 Å². The van der Waals surface area contributed by atoms with Crippen molar-refractivity contribution in [2.45, 2.75) is 31.2 Å². The highest BCUT2D eigenvalue weighted by Crippen LogP contribution is 2.34. The molecule has 2 rings (SSSR count). The average Bonchev–Trinajstić information content (AvgIpc) is 2.81. The van der Waals surface area contributed by atoms with Gasteiger partial charge in [-0.1, -0.05) is 12.8 Å². The highest BCUT2D eigenvalue weighted by Gasteiger charge is 2.33. The fourth-order valence-electron chi connectivity index (χ4n) is 2.42. The Labute approximate surface area is 101 Å². The van der Waals surface area contributed by atoms with Crippen molar-refractivity contribution in [3.8, 4) is 6.07 Å². The van der Waals surface area contributed by atoms with Gasteiger partial charge in [0.15, 0.2) is 0 Å². The molecule has 1 saturated carbocycles. The lowest BCUT2D eigenvalue weighted by atomic mass is 9.97. The first kappa shape index (κ1) is 11.7. The maximum Gasteiger partial charge on any atom is 0.101 e. The molecule has 0 spiro atoms. The molecule has 1 fully saturated rings. The molecular formula is C13H17N3O. The summed E-state index contributed by atoms with van der Waals surface area (Å²) in [4.78, 5) is 0. The number of nitrogens with one attached hydrogen (secondary N) is 1. The van der Waals surface area contributed by atoms with Gasteiger partial charge in [-0.25, -0.2) is 0 Å². The van der Waals surface area contributed by atoms with Crippen LogP contribution >= 0.6 is 0 Å². The zero-order valence-electron chi connectivity index (χ0n) is 9.74. The van der Waals surface area contributed by atoms with Crippen molar-refractivity contribution in [2.24, 2.45) is 0 Å². The molecule has 0 aromatic heterocycles. The third kappa shape index (κ3) is 2.34. The van der Waals surface area contributed by atoms with E-state index in [1.165, 1.54) is 0 Å². The summed E-state index contributed by atoms with van der Waals surface area (Å²) in [6.45, 7) is 0.0994. The van der Waals surface area contributed by atoms with Gasteiger partial charge in [-0.15, -0.1) is 0 Å². The molecule has 0 heterocycles. The van der Waals surface area contributed by atoms with Crippen molar-refractivity contribution < 1.29 is 5.11 Å². The first-order valence-corrected chi connectivity index (χ1v) is 5.88. The highest BCUT2D eigenvalue weighted by atomic mass is 16.3. The smallest absolute Gasteiger partial charge is 0.101 e. The van der Waals surface area contributed by atoms with E-state index in [-0.39, 0.29) is 12.1 Å². The zero-order valence-corrected chi connectivity index (χ0v) is 9.74. The standard InChI is InChI=1S/C13H17N3O/c14-8-10-7-11(15)3-4-12(10)16-13(9-17)5-1-2-6-13/h3-4,7,16-17H,1-2,5-6,9,15H2. The quantitative estimate of drug-likeness (QED) is 0.693. The normalized spacial score (nSPS) is 17.6. The largest absolute Gasteiger partial charge is 0.399 e. The number of aliphatic hydroxyl groups excluding tert-OH is 1. The summed E-state index contributed by atoms with van der Waals surface area (Å²) in [7, 11) is 0. The molecule has 17 heavy (non-hydrogen) atoms. The highest BCUT2D eigenvalue weighted by molar-refractivity contribution is 5.64. The number of nitrogen functional groups attached to an aromatic ring is 1. The summed E-state index contributed by atoms with van der Waals surface area (Å²) in [5, 5.41) is 21.9. The molecule has 4 nitrogen and oxygen atoms in total. The van der Waals surface area contributed by atoms with E-state index in [1.807, 2.05) is 6.07 Å². The molecular weight excluding hydrogens is 214 g/mol. The summed E-state index contributed by atoms with van der Waals surface area (Å²) in [6.07, 6.45) is 4.12. The fraction of sp³-hybridized carbons (Fsp3) is 0.462. The second-order valence-corrected chi connectivity index (χ2v) is 4.69. The molecule has 4 heteroatoms. The lowest BCUT2D eigenvalue weighted by Gasteiger charge is -2.29. The average molecular weight is 231 g/mol.